The van der Waals surface area contributed by atoms with Crippen molar-refractivity contribution in [3.05, 3.63) is 29.1 Å². The van der Waals surface area contributed by atoms with Gasteiger partial charge in [-0.25, -0.2) is 12.8 Å². The van der Waals surface area contributed by atoms with Crippen LogP contribution < -0.4 is 5.73 Å². The molecular weight excluding hydrogens is 267 g/mol. The monoisotopic (exact) mass is 286 g/mol. The summed E-state index contributed by atoms with van der Waals surface area (Å²) < 4.78 is 40.1. The average molecular weight is 286 g/mol. The lowest BCUT2D eigenvalue weighted by atomic mass is 10.1. The van der Waals surface area contributed by atoms with Crippen LogP contribution in [0.1, 0.15) is 24.5 Å². The Morgan fingerprint density at radius 2 is 1.84 bits per heavy atom. The molecule has 0 bridgehead atoms. The Hall–Kier alpha value is -0.980. The predicted molar refractivity (Wildman–Crippen MR) is 71.8 cm³/mol. The number of halogens is 1. The molecule has 0 saturated carbocycles. The van der Waals surface area contributed by atoms with Gasteiger partial charge in [-0.3, -0.25) is 0 Å². The van der Waals surface area contributed by atoms with Crippen molar-refractivity contribution in [3.63, 3.8) is 0 Å². The first-order valence-corrected chi connectivity index (χ1v) is 7.73. The molecule has 0 amide bonds. The zero-order valence-corrected chi connectivity index (χ0v) is 12.2. The molecule has 2 atom stereocenters. The lowest BCUT2D eigenvalue weighted by Crippen LogP contribution is -2.40. The Balaban J connectivity index is 2.52. The highest BCUT2D eigenvalue weighted by Gasteiger charge is 2.38. The van der Waals surface area contributed by atoms with Crippen LogP contribution in [0, 0.1) is 19.7 Å². The van der Waals surface area contributed by atoms with E-state index in [9.17, 15) is 12.8 Å². The number of nitrogens with two attached hydrogens (primary N) is 1. The van der Waals surface area contributed by atoms with Crippen molar-refractivity contribution in [1.82, 2.24) is 4.31 Å². The number of sulfonamides is 1. The van der Waals surface area contributed by atoms with E-state index >= 15 is 0 Å². The van der Waals surface area contributed by atoms with Crippen LogP contribution >= 0.6 is 0 Å². The average Bonchev–Trinajstić information content (AvgIpc) is 2.57. The molecular formula is C13H19FN2O2S. The van der Waals surface area contributed by atoms with Crippen LogP contribution in [-0.4, -0.2) is 31.4 Å². The van der Waals surface area contributed by atoms with Gasteiger partial charge in [-0.2, -0.15) is 4.31 Å². The second-order valence-electron chi connectivity index (χ2n) is 5.18. The summed E-state index contributed by atoms with van der Waals surface area (Å²) in [6, 6.07) is 2.13. The summed E-state index contributed by atoms with van der Waals surface area (Å²) >= 11 is 0. The van der Waals surface area contributed by atoms with E-state index in [2.05, 4.69) is 0 Å². The molecule has 2 rings (SSSR count). The minimum Gasteiger partial charge on any atom is -0.326 e. The molecule has 0 aliphatic carbocycles. The molecule has 0 radical (unpaired) electrons. The Morgan fingerprint density at radius 3 is 2.26 bits per heavy atom. The smallest absolute Gasteiger partial charge is 0.243 e. The predicted octanol–water partition coefficient (Wildman–Crippen LogP) is 1.55. The van der Waals surface area contributed by atoms with Crippen LogP contribution in [-0.2, 0) is 10.0 Å². The van der Waals surface area contributed by atoms with Crippen molar-refractivity contribution < 1.29 is 12.8 Å². The lowest BCUT2D eigenvalue weighted by Gasteiger charge is -2.24. The molecule has 1 heterocycles. The van der Waals surface area contributed by atoms with Crippen molar-refractivity contribution in [2.24, 2.45) is 5.73 Å². The van der Waals surface area contributed by atoms with Gasteiger partial charge in [-0.1, -0.05) is 0 Å². The summed E-state index contributed by atoms with van der Waals surface area (Å²) in [7, 11) is -3.61. The fraction of sp³-hybridized carbons (Fsp3) is 0.538. The molecule has 1 aromatic rings. The molecule has 4 nitrogen and oxygen atoms in total. The molecule has 106 valence electrons. The molecule has 19 heavy (non-hydrogen) atoms. The molecule has 1 aliphatic heterocycles. The maximum Gasteiger partial charge on any atom is 0.243 e. The lowest BCUT2D eigenvalue weighted by molar-refractivity contribution is 0.392. The van der Waals surface area contributed by atoms with E-state index in [1.807, 2.05) is 6.92 Å². The van der Waals surface area contributed by atoms with E-state index in [1.54, 1.807) is 13.8 Å². The quantitative estimate of drug-likeness (QED) is 0.897. The second kappa shape index (κ2) is 4.85. The van der Waals surface area contributed by atoms with Gasteiger partial charge in [0.25, 0.3) is 0 Å². The SMILES string of the molecule is Cc1cc(F)cc(C)c1S(=O)(=O)N1CCC(N)C1C. The minimum absolute atomic E-state index is 0.143. The Morgan fingerprint density at radius 1 is 1.32 bits per heavy atom. The molecule has 1 aliphatic rings. The van der Waals surface area contributed by atoms with E-state index in [4.69, 9.17) is 5.73 Å². The summed E-state index contributed by atoms with van der Waals surface area (Å²) in [6.45, 7) is 5.46. The van der Waals surface area contributed by atoms with Crippen molar-refractivity contribution >= 4 is 10.0 Å². The van der Waals surface area contributed by atoms with Gasteiger partial charge in [0, 0.05) is 18.6 Å². The molecule has 1 fully saturated rings. The van der Waals surface area contributed by atoms with E-state index < -0.39 is 15.8 Å². The van der Waals surface area contributed by atoms with Gasteiger partial charge in [0.2, 0.25) is 10.0 Å². The van der Waals surface area contributed by atoms with Gasteiger partial charge >= 0.3 is 0 Å². The fourth-order valence-electron chi connectivity index (χ4n) is 2.70. The molecule has 2 unspecified atom stereocenters. The molecule has 0 aromatic heterocycles. The normalized spacial score (nSPS) is 24.9. The first-order chi connectivity index (χ1) is 8.75. The van der Waals surface area contributed by atoms with Crippen molar-refractivity contribution in [3.8, 4) is 0 Å². The highest BCUT2D eigenvalue weighted by atomic mass is 32.2. The van der Waals surface area contributed by atoms with Crippen molar-refractivity contribution in [2.75, 3.05) is 6.54 Å². The minimum atomic E-state index is -3.61. The molecule has 1 saturated heterocycles. The van der Waals surface area contributed by atoms with Gasteiger partial charge in [0.1, 0.15) is 5.82 Å². The first-order valence-electron chi connectivity index (χ1n) is 6.29. The zero-order valence-electron chi connectivity index (χ0n) is 11.4. The van der Waals surface area contributed by atoms with Gasteiger partial charge in [-0.05, 0) is 50.5 Å². The van der Waals surface area contributed by atoms with Gasteiger partial charge < -0.3 is 5.73 Å². The topological polar surface area (TPSA) is 63.4 Å². The number of rotatable bonds is 2. The second-order valence-corrected chi connectivity index (χ2v) is 7.00. The van der Waals surface area contributed by atoms with Crippen molar-refractivity contribution in [1.29, 1.82) is 0 Å². The van der Waals surface area contributed by atoms with Crippen LogP contribution in [0.25, 0.3) is 0 Å². The number of hydrogen-bond donors (Lipinski definition) is 1. The third-order valence-corrected chi connectivity index (χ3v) is 6.04. The maximum atomic E-state index is 13.3. The summed E-state index contributed by atoms with van der Waals surface area (Å²) in [6.07, 6.45) is 0.652. The van der Waals surface area contributed by atoms with E-state index in [0.29, 0.717) is 24.1 Å². The van der Waals surface area contributed by atoms with Gasteiger partial charge in [-0.15, -0.1) is 0 Å². The van der Waals surface area contributed by atoms with E-state index in [1.165, 1.54) is 16.4 Å². The molecule has 0 spiro atoms. The summed E-state index contributed by atoms with van der Waals surface area (Å²) in [5.41, 5.74) is 6.75. The molecule has 6 heteroatoms. The van der Waals surface area contributed by atoms with Crippen LogP contribution in [0.5, 0.6) is 0 Å². The number of aryl methyl sites for hydroxylation is 2. The highest BCUT2D eigenvalue weighted by molar-refractivity contribution is 7.89. The summed E-state index contributed by atoms with van der Waals surface area (Å²) in [5.74, 6) is -0.417. The molecule has 1 aromatic carbocycles. The number of hydrogen-bond acceptors (Lipinski definition) is 3. The van der Waals surface area contributed by atoms with Gasteiger partial charge in [0.15, 0.2) is 0 Å². The first kappa shape index (κ1) is 14.4. The molecule has 2 N–H and O–H groups in total. The van der Waals surface area contributed by atoms with Crippen molar-refractivity contribution in [2.45, 2.75) is 44.2 Å². The zero-order chi connectivity index (χ0) is 14.4. The van der Waals surface area contributed by atoms with Gasteiger partial charge in [0.05, 0.1) is 4.90 Å². The number of nitrogens with zero attached hydrogens (tertiary/aromatic N) is 1. The summed E-state index contributed by atoms with van der Waals surface area (Å²) in [4.78, 5) is 0.204. The largest absolute Gasteiger partial charge is 0.326 e. The van der Waals surface area contributed by atoms with Crippen LogP contribution in [0.15, 0.2) is 17.0 Å². The number of benzene rings is 1. The van der Waals surface area contributed by atoms with Crippen LogP contribution in [0.3, 0.4) is 0 Å². The third kappa shape index (κ3) is 2.40. The third-order valence-electron chi connectivity index (χ3n) is 3.75. The Bertz CT molecular complexity index is 578. The van der Waals surface area contributed by atoms with Crippen LogP contribution in [0.4, 0.5) is 4.39 Å². The highest BCUT2D eigenvalue weighted by Crippen LogP contribution is 2.29. The fourth-order valence-corrected chi connectivity index (χ4v) is 4.80. The standard InChI is InChI=1S/C13H19FN2O2S/c1-8-6-11(14)7-9(2)13(8)19(17,18)16-5-4-12(15)10(16)3/h6-7,10,12H,4-5,15H2,1-3H3. The Kier molecular flexibility index (Phi) is 3.68. The maximum absolute atomic E-state index is 13.3. The summed E-state index contributed by atoms with van der Waals surface area (Å²) in [5, 5.41) is 0. The van der Waals surface area contributed by atoms with E-state index in [0.717, 1.165) is 0 Å². The Labute approximate surface area is 113 Å². The van der Waals surface area contributed by atoms with E-state index in [-0.39, 0.29) is 17.0 Å². The van der Waals surface area contributed by atoms with Crippen LogP contribution in [0.2, 0.25) is 0 Å².